The Morgan fingerprint density at radius 1 is 1.05 bits per heavy atom. The van der Waals surface area contributed by atoms with Crippen molar-refractivity contribution in [1.29, 1.82) is 0 Å². The normalized spacial score (nSPS) is 10.8. The van der Waals surface area contributed by atoms with Crippen LogP contribution in [0.5, 0.6) is 0 Å². The molecule has 2 aromatic carbocycles. The summed E-state index contributed by atoms with van der Waals surface area (Å²) in [5, 5.41) is 12.0. The van der Waals surface area contributed by atoms with Crippen molar-refractivity contribution in [2.24, 2.45) is 0 Å². The van der Waals surface area contributed by atoms with Gasteiger partial charge >= 0.3 is 0 Å². The van der Waals surface area contributed by atoms with Gasteiger partial charge in [0, 0.05) is 15.7 Å². The number of nitrogens with zero attached hydrogens (tertiary/aromatic N) is 4. The minimum Gasteiger partial charge on any atom is -0.398 e. The number of nitrogens with two attached hydrogens (primary N) is 1. The van der Waals surface area contributed by atoms with Gasteiger partial charge in [0.25, 0.3) is 0 Å². The summed E-state index contributed by atoms with van der Waals surface area (Å²) < 4.78 is 2.68. The van der Waals surface area contributed by atoms with Gasteiger partial charge in [-0.15, -0.1) is 5.10 Å². The molecule has 2 N–H and O–H groups in total. The molecule has 0 saturated heterocycles. The van der Waals surface area contributed by atoms with Crippen LogP contribution in [0.2, 0.25) is 0 Å². The minimum absolute atomic E-state index is 0.633. The molecule has 21 heavy (non-hydrogen) atoms. The van der Waals surface area contributed by atoms with Crippen LogP contribution in [0.1, 0.15) is 11.1 Å². The Labute approximate surface area is 130 Å². The third-order valence-electron chi connectivity index (χ3n) is 3.19. The highest BCUT2D eigenvalue weighted by atomic mass is 79.9. The average Bonchev–Trinajstić information content (AvgIpc) is 2.89. The van der Waals surface area contributed by atoms with Crippen LogP contribution in [0.25, 0.3) is 17.1 Å². The highest BCUT2D eigenvalue weighted by molar-refractivity contribution is 9.10. The van der Waals surface area contributed by atoms with E-state index in [4.69, 9.17) is 5.73 Å². The van der Waals surface area contributed by atoms with Gasteiger partial charge in [0.15, 0.2) is 5.82 Å². The summed E-state index contributed by atoms with van der Waals surface area (Å²) in [4.78, 5) is 0. The van der Waals surface area contributed by atoms with Crippen LogP contribution in [0.3, 0.4) is 0 Å². The number of nitrogen functional groups attached to an aromatic ring is 1. The Morgan fingerprint density at radius 2 is 1.86 bits per heavy atom. The van der Waals surface area contributed by atoms with Crippen LogP contribution < -0.4 is 5.73 Å². The van der Waals surface area contributed by atoms with E-state index in [1.54, 1.807) is 4.68 Å². The highest BCUT2D eigenvalue weighted by Crippen LogP contribution is 2.27. The summed E-state index contributed by atoms with van der Waals surface area (Å²) in [5.41, 5.74) is 10.7. The maximum atomic E-state index is 6.07. The van der Waals surface area contributed by atoms with Crippen LogP contribution in [0, 0.1) is 13.8 Å². The van der Waals surface area contributed by atoms with Gasteiger partial charge in [-0.2, -0.15) is 4.68 Å². The Morgan fingerprint density at radius 3 is 2.62 bits per heavy atom. The molecule has 3 rings (SSSR count). The molecule has 0 aliphatic rings. The molecule has 0 aliphatic heterocycles. The molecule has 0 spiro atoms. The zero-order chi connectivity index (χ0) is 15.0. The van der Waals surface area contributed by atoms with Crippen molar-refractivity contribution in [3.8, 4) is 17.1 Å². The number of anilines is 1. The van der Waals surface area contributed by atoms with Crippen molar-refractivity contribution in [3.05, 3.63) is 52.0 Å². The fraction of sp³-hybridized carbons (Fsp3) is 0.133. The van der Waals surface area contributed by atoms with Gasteiger partial charge in [-0.1, -0.05) is 27.6 Å². The molecule has 0 amide bonds. The molecule has 5 nitrogen and oxygen atoms in total. The standard InChI is InChI=1S/C15H14BrN5/c1-9-3-4-14(17)13(7-9)15-18-19-20-21(15)12-6-10(2)5-11(16)8-12/h3-8H,17H2,1-2H3. The number of aryl methyl sites for hydroxylation is 2. The summed E-state index contributed by atoms with van der Waals surface area (Å²) in [5.74, 6) is 0.633. The van der Waals surface area contributed by atoms with Crippen molar-refractivity contribution in [1.82, 2.24) is 20.2 Å². The maximum absolute atomic E-state index is 6.07. The van der Waals surface area contributed by atoms with Crippen LogP contribution in [-0.4, -0.2) is 20.2 Å². The Hall–Kier alpha value is -2.21. The SMILES string of the molecule is Cc1cc(Br)cc(-n2nnnc2-c2cc(C)ccc2N)c1. The van der Waals surface area contributed by atoms with Crippen LogP contribution in [0.15, 0.2) is 40.9 Å². The largest absolute Gasteiger partial charge is 0.398 e. The zero-order valence-electron chi connectivity index (χ0n) is 11.7. The second-order valence-electron chi connectivity index (χ2n) is 4.99. The summed E-state index contributed by atoms with van der Waals surface area (Å²) >= 11 is 3.50. The van der Waals surface area contributed by atoms with Gasteiger partial charge in [-0.3, -0.25) is 0 Å². The first-order chi connectivity index (χ1) is 10.0. The summed E-state index contributed by atoms with van der Waals surface area (Å²) in [6.07, 6.45) is 0. The third kappa shape index (κ3) is 2.67. The quantitative estimate of drug-likeness (QED) is 0.725. The van der Waals surface area contributed by atoms with Gasteiger partial charge in [-0.05, 0) is 60.2 Å². The van der Waals surface area contributed by atoms with E-state index in [-0.39, 0.29) is 0 Å². The topological polar surface area (TPSA) is 69.6 Å². The maximum Gasteiger partial charge on any atom is 0.189 e. The molecule has 1 aromatic heterocycles. The Balaban J connectivity index is 2.19. The first-order valence-corrected chi connectivity index (χ1v) is 7.26. The molecule has 0 bridgehead atoms. The van der Waals surface area contributed by atoms with E-state index in [9.17, 15) is 0 Å². The Bertz CT molecular complexity index is 789. The van der Waals surface area contributed by atoms with Crippen LogP contribution in [-0.2, 0) is 0 Å². The van der Waals surface area contributed by atoms with Gasteiger partial charge in [-0.25, -0.2) is 0 Å². The van der Waals surface area contributed by atoms with E-state index in [1.165, 1.54) is 0 Å². The van der Waals surface area contributed by atoms with Gasteiger partial charge in [0.1, 0.15) is 0 Å². The molecule has 0 unspecified atom stereocenters. The number of benzene rings is 2. The van der Waals surface area contributed by atoms with Crippen molar-refractivity contribution >= 4 is 21.6 Å². The molecule has 0 fully saturated rings. The van der Waals surface area contributed by atoms with Crippen LogP contribution in [0.4, 0.5) is 5.69 Å². The van der Waals surface area contributed by atoms with E-state index in [2.05, 4.69) is 31.5 Å². The predicted octanol–water partition coefficient (Wildman–Crippen LogP) is 3.29. The van der Waals surface area contributed by atoms with Gasteiger partial charge in [0.05, 0.1) is 5.69 Å². The lowest BCUT2D eigenvalue weighted by molar-refractivity contribution is 0.790. The van der Waals surface area contributed by atoms with Gasteiger partial charge < -0.3 is 5.73 Å². The summed E-state index contributed by atoms with van der Waals surface area (Å²) in [6, 6.07) is 11.9. The van der Waals surface area contributed by atoms with E-state index < -0.39 is 0 Å². The van der Waals surface area contributed by atoms with E-state index >= 15 is 0 Å². The molecule has 0 atom stereocenters. The van der Waals surface area contributed by atoms with E-state index in [0.29, 0.717) is 11.5 Å². The fourth-order valence-electron chi connectivity index (χ4n) is 2.23. The molecule has 106 valence electrons. The second-order valence-corrected chi connectivity index (χ2v) is 5.91. The van der Waals surface area contributed by atoms with Crippen molar-refractivity contribution < 1.29 is 0 Å². The monoisotopic (exact) mass is 343 g/mol. The predicted molar refractivity (Wildman–Crippen MR) is 86.2 cm³/mol. The molecule has 6 heteroatoms. The summed E-state index contributed by atoms with van der Waals surface area (Å²) in [6.45, 7) is 4.04. The van der Waals surface area contributed by atoms with E-state index in [1.807, 2.05) is 50.2 Å². The van der Waals surface area contributed by atoms with E-state index in [0.717, 1.165) is 26.9 Å². The number of hydrogen-bond acceptors (Lipinski definition) is 4. The van der Waals surface area contributed by atoms with Crippen LogP contribution >= 0.6 is 15.9 Å². The molecular weight excluding hydrogens is 330 g/mol. The van der Waals surface area contributed by atoms with Crippen molar-refractivity contribution in [3.63, 3.8) is 0 Å². The smallest absolute Gasteiger partial charge is 0.189 e. The lowest BCUT2D eigenvalue weighted by Gasteiger charge is -2.09. The first-order valence-electron chi connectivity index (χ1n) is 6.47. The number of aromatic nitrogens is 4. The third-order valence-corrected chi connectivity index (χ3v) is 3.65. The average molecular weight is 344 g/mol. The molecule has 0 aliphatic carbocycles. The number of tetrazole rings is 1. The lowest BCUT2D eigenvalue weighted by Crippen LogP contribution is -2.02. The number of hydrogen-bond donors (Lipinski definition) is 1. The zero-order valence-corrected chi connectivity index (χ0v) is 13.3. The first kappa shape index (κ1) is 13.8. The lowest BCUT2D eigenvalue weighted by atomic mass is 10.1. The molecular formula is C15H14BrN5. The second kappa shape index (κ2) is 5.29. The highest BCUT2D eigenvalue weighted by Gasteiger charge is 2.14. The van der Waals surface area contributed by atoms with Crippen molar-refractivity contribution in [2.45, 2.75) is 13.8 Å². The molecule has 0 radical (unpaired) electrons. The molecule has 3 aromatic rings. The minimum atomic E-state index is 0.633. The molecule has 0 saturated carbocycles. The number of halogens is 1. The summed E-state index contributed by atoms with van der Waals surface area (Å²) in [7, 11) is 0. The fourth-order valence-corrected chi connectivity index (χ4v) is 2.83. The van der Waals surface area contributed by atoms with Gasteiger partial charge in [0.2, 0.25) is 0 Å². The Kier molecular flexibility index (Phi) is 3.47. The number of rotatable bonds is 2. The van der Waals surface area contributed by atoms with Crippen molar-refractivity contribution in [2.75, 3.05) is 5.73 Å². The molecule has 1 heterocycles.